The molecule has 0 radical (unpaired) electrons. The van der Waals surface area contributed by atoms with E-state index in [0.29, 0.717) is 51.4 Å². The van der Waals surface area contributed by atoms with Crippen molar-refractivity contribution < 1.29 is 123 Å². The average Bonchev–Trinajstić information content (AvgIpc) is 3.35. The maximum atomic E-state index is 14.8. The zero-order chi connectivity index (χ0) is 57.6. The van der Waals surface area contributed by atoms with Crippen LogP contribution in [0.2, 0.25) is 0 Å². The van der Waals surface area contributed by atoms with Crippen LogP contribution < -0.4 is 0 Å². The van der Waals surface area contributed by atoms with Gasteiger partial charge in [-0.2, -0.15) is 0 Å². The summed E-state index contributed by atoms with van der Waals surface area (Å²) in [5.41, 5.74) is -1.80. The third kappa shape index (κ3) is 10.4. The molecule has 8 aliphatic rings. The van der Waals surface area contributed by atoms with Gasteiger partial charge < -0.3 is 104 Å². The lowest BCUT2D eigenvalue weighted by atomic mass is 9.33. The molecule has 4 saturated carbocycles. The number of rotatable bonds is 16. The molecule has 5 aliphatic carbocycles. The summed E-state index contributed by atoms with van der Waals surface area (Å²) in [4.78, 5) is 51.2. The molecule has 0 aromatic heterocycles. The Morgan fingerprint density at radius 2 is 1.27 bits per heavy atom. The van der Waals surface area contributed by atoms with E-state index < -0.39 is 171 Å². The fourth-order valence-electron chi connectivity index (χ4n) is 15.8. The van der Waals surface area contributed by atoms with Gasteiger partial charge in [-0.3, -0.25) is 4.79 Å². The molecule has 25 nitrogen and oxygen atoms in total. The van der Waals surface area contributed by atoms with Crippen LogP contribution in [0.15, 0.2) is 11.6 Å². The largest absolute Gasteiger partial charge is 0.480 e. The number of allylic oxidation sites excluding steroid dienone is 2. The van der Waals surface area contributed by atoms with Gasteiger partial charge in [-0.15, -0.1) is 0 Å². The summed E-state index contributed by atoms with van der Waals surface area (Å²) in [7, 11) is 0. The zero-order valence-corrected chi connectivity index (χ0v) is 45.1. The van der Waals surface area contributed by atoms with E-state index >= 15 is 0 Å². The number of hydrogen-bond acceptors (Lipinski definition) is 22. The maximum absolute atomic E-state index is 14.8. The van der Waals surface area contributed by atoms with Crippen LogP contribution in [0.4, 0.5) is 0 Å². The van der Waals surface area contributed by atoms with Gasteiger partial charge in [0.05, 0.1) is 24.7 Å². The van der Waals surface area contributed by atoms with Crippen LogP contribution in [0.1, 0.15) is 113 Å². The molecule has 3 saturated heterocycles. The number of carboxylic acid groups (broad SMARTS) is 3. The second-order valence-corrected chi connectivity index (χ2v) is 25.5. The smallest absolute Gasteiger partial charge is 0.337 e. The number of ether oxygens (including phenoxy) is 8. The SMILES string of the molecule is CC1(C)CC[C@]2(C(=O)O[C@@H]3O[C@H](CO)[C@@H](O)[C@H](O)[C@H]3O)CC[C@]3(C)C(=CC[C@@H]4[C@@]5(C)CC[C@H](O[C@@H]6O[C@H](C(=O)O)[C@@H](O)[C@H](O[C@H](OCC(=O)O)[C@H](O)C(=O)O)[C@H]6O[C@@H]6O[C@H](CO)[C@@H](O)[C@H](O)[C@H]6O)C(C)(C)[C@@H]5CC[C@]43C)[C@@H]2C1. The van der Waals surface area contributed by atoms with Gasteiger partial charge in [0.1, 0.15) is 73.8 Å². The molecular weight excluding hydrogens is 1040 g/mol. The van der Waals surface area contributed by atoms with E-state index in [1.165, 1.54) is 5.57 Å². The van der Waals surface area contributed by atoms with Crippen LogP contribution in [-0.4, -0.2) is 221 Å². The van der Waals surface area contributed by atoms with Crippen LogP contribution >= 0.6 is 0 Å². The highest BCUT2D eigenvalue weighted by molar-refractivity contribution is 5.79. The summed E-state index contributed by atoms with van der Waals surface area (Å²) in [6, 6.07) is 0. The molecule has 0 amide bonds. The predicted molar refractivity (Wildman–Crippen MR) is 261 cm³/mol. The van der Waals surface area contributed by atoms with E-state index in [4.69, 9.17) is 37.9 Å². The number of carboxylic acids is 3. The highest BCUT2D eigenvalue weighted by Gasteiger charge is 2.70. The number of aliphatic hydroxyl groups is 10. The highest BCUT2D eigenvalue weighted by Crippen LogP contribution is 2.76. The van der Waals surface area contributed by atoms with Crippen LogP contribution in [0, 0.1) is 50.2 Å². The summed E-state index contributed by atoms with van der Waals surface area (Å²) in [6.45, 7) is 12.5. The van der Waals surface area contributed by atoms with Crippen molar-refractivity contribution in [3.63, 3.8) is 0 Å². The summed E-state index contributed by atoms with van der Waals surface area (Å²) in [6.07, 6.45) is -25.4. The van der Waals surface area contributed by atoms with Crippen molar-refractivity contribution in [2.45, 2.75) is 223 Å². The molecule has 0 aromatic rings. The fourth-order valence-corrected chi connectivity index (χ4v) is 15.8. The minimum absolute atomic E-state index is 0.0778. The Balaban J connectivity index is 1.09. The maximum Gasteiger partial charge on any atom is 0.337 e. The molecule has 0 unspecified atom stereocenters. The van der Waals surface area contributed by atoms with Gasteiger partial charge in [0, 0.05) is 0 Å². The molecule has 444 valence electrons. The average molecular weight is 1120 g/mol. The summed E-state index contributed by atoms with van der Waals surface area (Å²) >= 11 is 0. The Hall–Kier alpha value is -3.06. The second kappa shape index (κ2) is 22.3. The first-order valence-corrected chi connectivity index (χ1v) is 27.1. The van der Waals surface area contributed by atoms with Crippen molar-refractivity contribution in [3.05, 3.63) is 11.6 Å². The number of esters is 1. The number of carbonyl (C=O) groups excluding carboxylic acids is 1. The first kappa shape index (κ1) is 61.0. The molecule has 0 bridgehead atoms. The van der Waals surface area contributed by atoms with Gasteiger partial charge in [0.2, 0.25) is 12.4 Å². The van der Waals surface area contributed by atoms with Crippen molar-refractivity contribution >= 4 is 23.9 Å². The van der Waals surface area contributed by atoms with Gasteiger partial charge in [0.15, 0.2) is 25.0 Å². The first-order chi connectivity index (χ1) is 36.3. The highest BCUT2D eigenvalue weighted by atomic mass is 16.8. The molecule has 13 N–H and O–H groups in total. The third-order valence-corrected chi connectivity index (χ3v) is 20.4. The second-order valence-electron chi connectivity index (χ2n) is 25.5. The van der Waals surface area contributed by atoms with Crippen molar-refractivity contribution in [1.29, 1.82) is 0 Å². The summed E-state index contributed by atoms with van der Waals surface area (Å²) in [5, 5.41) is 136. The zero-order valence-electron chi connectivity index (χ0n) is 45.1. The van der Waals surface area contributed by atoms with Crippen molar-refractivity contribution in [2.24, 2.45) is 50.2 Å². The van der Waals surface area contributed by atoms with Crippen molar-refractivity contribution in [2.75, 3.05) is 19.8 Å². The predicted octanol–water partition coefficient (Wildman–Crippen LogP) is -0.870. The number of hydrogen-bond donors (Lipinski definition) is 13. The number of fused-ring (bicyclic) bond motifs is 7. The lowest BCUT2D eigenvalue weighted by molar-refractivity contribution is -0.387. The quantitative estimate of drug-likeness (QED) is 0.0387. The topological polar surface area (TPSA) is 405 Å². The molecule has 8 rings (SSSR count). The number of carbonyl (C=O) groups is 4. The normalized spacial score (nSPS) is 47.6. The van der Waals surface area contributed by atoms with E-state index in [2.05, 4.69) is 40.7 Å². The van der Waals surface area contributed by atoms with Gasteiger partial charge in [-0.05, 0) is 109 Å². The molecule has 25 atom stereocenters. The monoisotopic (exact) mass is 1120 g/mol. The molecular formula is C53H82O25. The van der Waals surface area contributed by atoms with E-state index in [1.807, 2.05) is 13.8 Å². The molecule has 7 fully saturated rings. The Kier molecular flexibility index (Phi) is 17.4. The number of aliphatic carboxylic acids is 3. The van der Waals surface area contributed by atoms with E-state index in [0.717, 1.165) is 12.8 Å². The Bertz CT molecular complexity index is 2240. The van der Waals surface area contributed by atoms with Crippen LogP contribution in [0.25, 0.3) is 0 Å². The molecule has 3 heterocycles. The molecule has 0 aromatic carbocycles. The molecule has 0 spiro atoms. The van der Waals surface area contributed by atoms with E-state index in [9.17, 15) is 85.6 Å². The summed E-state index contributed by atoms with van der Waals surface area (Å²) < 4.78 is 47.0. The van der Waals surface area contributed by atoms with Gasteiger partial charge in [-0.25, -0.2) is 14.4 Å². The van der Waals surface area contributed by atoms with E-state index in [-0.39, 0.29) is 34.0 Å². The summed E-state index contributed by atoms with van der Waals surface area (Å²) in [5.74, 6) is -6.13. The van der Waals surface area contributed by atoms with E-state index in [1.54, 1.807) is 0 Å². The van der Waals surface area contributed by atoms with Gasteiger partial charge in [-0.1, -0.05) is 60.1 Å². The minimum atomic E-state index is -2.62. The fraction of sp³-hybridized carbons (Fsp3) is 0.887. The first-order valence-electron chi connectivity index (χ1n) is 27.1. The number of aliphatic hydroxyl groups excluding tert-OH is 10. The Labute approximate surface area is 451 Å². The van der Waals surface area contributed by atoms with Crippen molar-refractivity contribution in [3.8, 4) is 0 Å². The molecule has 25 heteroatoms. The molecule has 3 aliphatic heterocycles. The van der Waals surface area contributed by atoms with Gasteiger partial charge >= 0.3 is 23.9 Å². The Morgan fingerprint density at radius 3 is 1.86 bits per heavy atom. The van der Waals surface area contributed by atoms with Crippen LogP contribution in [0.3, 0.4) is 0 Å². The molecule has 78 heavy (non-hydrogen) atoms. The lowest BCUT2D eigenvalue weighted by Gasteiger charge is -2.71. The third-order valence-electron chi connectivity index (χ3n) is 20.4. The lowest BCUT2D eigenvalue weighted by Crippen LogP contribution is -2.68. The Morgan fingerprint density at radius 1 is 0.667 bits per heavy atom. The minimum Gasteiger partial charge on any atom is -0.480 e. The standard InChI is InChI=1S/C53H82O25/c1-48(2)14-16-53(47(70)78-45-35(63)33(61)31(59)25(20-55)73-45)17-15-51(6)22(23(53)18-48)8-9-27-50(5)12-11-28(49(3,4)26(50)10-13-52(27,51)7)74-46-40(77-44-34(62)32(60)30(58)24(19-54)72-44)38(36(64)39(76-46)42(68)69)75-43(37(65)41(66)67)71-21-29(56)57/h8,23-28,30-40,43-46,54-55,58-65H,9-21H2,1-7H3,(H,56,57)(H,66,67)(H,68,69)/t23-,24+,25+,26-,27+,28-,30+,31+,32-,33-,34+,35+,36-,37+,38-,39-,40+,43-,44-,45-,46+,50-,51+,52+,53-/m0/s1. The van der Waals surface area contributed by atoms with Gasteiger partial charge in [0.25, 0.3) is 0 Å². The van der Waals surface area contributed by atoms with Crippen LogP contribution in [-0.2, 0) is 57.1 Å². The van der Waals surface area contributed by atoms with Crippen LogP contribution in [0.5, 0.6) is 0 Å². The van der Waals surface area contributed by atoms with Crippen molar-refractivity contribution in [1.82, 2.24) is 0 Å².